The summed E-state index contributed by atoms with van der Waals surface area (Å²) in [5.41, 5.74) is 3.28. The van der Waals surface area contributed by atoms with Crippen molar-refractivity contribution >= 4 is 21.6 Å². The zero-order valence-electron chi connectivity index (χ0n) is 15.2. The summed E-state index contributed by atoms with van der Waals surface area (Å²) < 4.78 is 32.8. The second-order valence-electron chi connectivity index (χ2n) is 6.78. The number of anilines is 1. The van der Waals surface area contributed by atoms with Crippen LogP contribution in [-0.4, -0.2) is 25.8 Å². The van der Waals surface area contributed by atoms with Crippen LogP contribution < -0.4 is 4.72 Å². The molecule has 0 spiro atoms. The lowest BCUT2D eigenvalue weighted by Gasteiger charge is -2.28. The lowest BCUT2D eigenvalue weighted by Crippen LogP contribution is -2.35. The molecule has 0 saturated heterocycles. The number of benzene rings is 2. The molecule has 1 amide bonds. The number of carbonyl (C=O) groups excluding carboxylic acids is 1. The number of rotatable bonds is 5. The van der Waals surface area contributed by atoms with Crippen LogP contribution in [0.2, 0.25) is 0 Å². The minimum atomic E-state index is -3.53. The highest BCUT2D eigenvalue weighted by Crippen LogP contribution is 2.25. The number of fused-ring (bicyclic) bond motifs is 1. The molecule has 1 aliphatic heterocycles. The maximum atomic E-state index is 12.5. The Bertz CT molecular complexity index is 1080. The highest BCUT2D eigenvalue weighted by atomic mass is 32.2. The molecule has 1 N–H and O–H groups in total. The fourth-order valence-corrected chi connectivity index (χ4v) is 4.55. The van der Waals surface area contributed by atoms with E-state index in [0.29, 0.717) is 24.5 Å². The largest absolute Gasteiger partial charge is 0.459 e. The van der Waals surface area contributed by atoms with Gasteiger partial charge in [0.1, 0.15) is 0 Å². The van der Waals surface area contributed by atoms with E-state index in [9.17, 15) is 13.2 Å². The lowest BCUT2D eigenvalue weighted by atomic mass is 9.99. The van der Waals surface area contributed by atoms with E-state index in [1.165, 1.54) is 6.26 Å². The van der Waals surface area contributed by atoms with Crippen LogP contribution in [0, 0.1) is 0 Å². The zero-order valence-corrected chi connectivity index (χ0v) is 16.0. The third-order valence-corrected chi connectivity index (χ3v) is 5.97. The number of sulfonamides is 1. The molecule has 3 aromatic rings. The van der Waals surface area contributed by atoms with Crippen molar-refractivity contribution in [2.75, 3.05) is 11.3 Å². The van der Waals surface area contributed by atoms with E-state index in [1.807, 2.05) is 24.3 Å². The van der Waals surface area contributed by atoms with Crippen LogP contribution in [0.5, 0.6) is 0 Å². The van der Waals surface area contributed by atoms with Crippen molar-refractivity contribution in [3.05, 3.63) is 89.4 Å². The quantitative estimate of drug-likeness (QED) is 0.717. The molecule has 6 nitrogen and oxygen atoms in total. The van der Waals surface area contributed by atoms with E-state index in [2.05, 4.69) is 4.72 Å². The average Bonchev–Trinajstić information content (AvgIpc) is 3.21. The van der Waals surface area contributed by atoms with Gasteiger partial charge in [-0.15, -0.1) is 0 Å². The van der Waals surface area contributed by atoms with Crippen molar-refractivity contribution < 1.29 is 17.6 Å². The Labute approximate surface area is 163 Å². The summed E-state index contributed by atoms with van der Waals surface area (Å²) in [5.74, 6) is 0.0579. The zero-order chi connectivity index (χ0) is 19.6. The number of nitrogens with zero attached hydrogens (tertiary/aromatic N) is 1. The maximum Gasteiger partial charge on any atom is 0.289 e. The summed E-state index contributed by atoms with van der Waals surface area (Å²) in [7, 11) is -3.53. The third kappa shape index (κ3) is 4.09. The van der Waals surface area contributed by atoms with Crippen LogP contribution in [-0.2, 0) is 28.7 Å². The van der Waals surface area contributed by atoms with Crippen LogP contribution in [0.3, 0.4) is 0 Å². The van der Waals surface area contributed by atoms with Crippen molar-refractivity contribution in [3.63, 3.8) is 0 Å². The lowest BCUT2D eigenvalue weighted by molar-refractivity contribution is 0.0702. The van der Waals surface area contributed by atoms with Crippen molar-refractivity contribution in [3.8, 4) is 0 Å². The number of furan rings is 1. The van der Waals surface area contributed by atoms with Gasteiger partial charge in [0.05, 0.1) is 12.0 Å². The Kier molecular flexibility index (Phi) is 4.92. The fourth-order valence-electron chi connectivity index (χ4n) is 3.36. The van der Waals surface area contributed by atoms with Gasteiger partial charge in [-0.2, -0.15) is 0 Å². The minimum Gasteiger partial charge on any atom is -0.459 e. The molecule has 0 unspecified atom stereocenters. The van der Waals surface area contributed by atoms with E-state index in [4.69, 9.17) is 4.42 Å². The highest BCUT2D eigenvalue weighted by molar-refractivity contribution is 7.91. The molecule has 2 aromatic carbocycles. The number of nitrogens with one attached hydrogen (secondary N) is 1. The van der Waals surface area contributed by atoms with Crippen molar-refractivity contribution in [1.82, 2.24) is 4.90 Å². The van der Waals surface area contributed by atoms with Crippen molar-refractivity contribution in [2.45, 2.75) is 18.7 Å². The molecule has 2 heterocycles. The van der Waals surface area contributed by atoms with Gasteiger partial charge >= 0.3 is 0 Å². The summed E-state index contributed by atoms with van der Waals surface area (Å²) in [6.07, 6.45) is 2.20. The molecule has 0 saturated carbocycles. The molecule has 1 aromatic heterocycles. The third-order valence-electron chi connectivity index (χ3n) is 4.71. The Morgan fingerprint density at radius 2 is 1.86 bits per heavy atom. The van der Waals surface area contributed by atoms with E-state index in [0.717, 1.165) is 23.1 Å². The summed E-state index contributed by atoms with van der Waals surface area (Å²) in [6.45, 7) is 1.02. The van der Waals surface area contributed by atoms with Gasteiger partial charge in [0, 0.05) is 18.8 Å². The summed E-state index contributed by atoms with van der Waals surface area (Å²) >= 11 is 0. The number of hydrogen-bond donors (Lipinski definition) is 1. The van der Waals surface area contributed by atoms with E-state index < -0.39 is 10.0 Å². The van der Waals surface area contributed by atoms with Gasteiger partial charge in [-0.1, -0.05) is 36.4 Å². The molecule has 0 bridgehead atoms. The molecule has 4 rings (SSSR count). The summed E-state index contributed by atoms with van der Waals surface area (Å²) in [5, 5.41) is 0. The van der Waals surface area contributed by atoms with Gasteiger partial charge in [0.25, 0.3) is 5.91 Å². The molecular formula is C21H20N2O4S. The van der Waals surface area contributed by atoms with E-state index in [-0.39, 0.29) is 11.7 Å². The van der Waals surface area contributed by atoms with Crippen LogP contribution in [0.1, 0.15) is 27.2 Å². The molecule has 144 valence electrons. The van der Waals surface area contributed by atoms with Crippen LogP contribution in [0.25, 0.3) is 0 Å². The average molecular weight is 396 g/mol. The van der Waals surface area contributed by atoms with E-state index >= 15 is 0 Å². The summed E-state index contributed by atoms with van der Waals surface area (Å²) in [6, 6.07) is 17.9. The van der Waals surface area contributed by atoms with Gasteiger partial charge in [-0.3, -0.25) is 9.52 Å². The standard InChI is InChI=1S/C21H20N2O4S/c24-21(20-7-4-12-27-20)23-11-10-17-8-9-19(13-18(17)14-23)22-28(25,26)15-16-5-2-1-3-6-16/h1-9,12-13,22H,10-11,14-15H2. The number of carbonyl (C=O) groups is 1. The van der Waals surface area contributed by atoms with Crippen LogP contribution in [0.15, 0.2) is 71.3 Å². The monoisotopic (exact) mass is 396 g/mol. The molecule has 0 radical (unpaired) electrons. The first kappa shape index (κ1) is 18.3. The molecule has 1 aliphatic rings. The molecular weight excluding hydrogens is 376 g/mol. The topological polar surface area (TPSA) is 79.6 Å². The molecule has 0 fully saturated rings. The Morgan fingerprint density at radius 1 is 1.04 bits per heavy atom. The first-order valence-electron chi connectivity index (χ1n) is 8.99. The second-order valence-corrected chi connectivity index (χ2v) is 8.51. The minimum absolute atomic E-state index is 0.0893. The fraction of sp³-hybridized carbons (Fsp3) is 0.190. The summed E-state index contributed by atoms with van der Waals surface area (Å²) in [4.78, 5) is 14.2. The predicted molar refractivity (Wildman–Crippen MR) is 106 cm³/mol. The Hall–Kier alpha value is -3.06. The molecule has 0 atom stereocenters. The highest BCUT2D eigenvalue weighted by Gasteiger charge is 2.24. The van der Waals surface area contributed by atoms with Crippen LogP contribution in [0.4, 0.5) is 5.69 Å². The van der Waals surface area contributed by atoms with Crippen molar-refractivity contribution in [2.24, 2.45) is 0 Å². The first-order chi connectivity index (χ1) is 13.5. The number of amides is 1. The van der Waals surface area contributed by atoms with Gasteiger partial charge in [-0.25, -0.2) is 8.42 Å². The SMILES string of the molecule is O=C(c1ccco1)N1CCc2ccc(NS(=O)(=O)Cc3ccccc3)cc2C1. The molecule has 0 aliphatic carbocycles. The molecule has 7 heteroatoms. The van der Waals surface area contributed by atoms with Gasteiger partial charge in [0.15, 0.2) is 5.76 Å². The smallest absolute Gasteiger partial charge is 0.289 e. The van der Waals surface area contributed by atoms with Crippen molar-refractivity contribution in [1.29, 1.82) is 0 Å². The second kappa shape index (κ2) is 7.52. The van der Waals surface area contributed by atoms with Gasteiger partial charge in [-0.05, 0) is 47.4 Å². The Balaban J connectivity index is 1.49. The Morgan fingerprint density at radius 3 is 2.61 bits per heavy atom. The van der Waals surface area contributed by atoms with Gasteiger partial charge < -0.3 is 9.32 Å². The van der Waals surface area contributed by atoms with E-state index in [1.54, 1.807) is 41.3 Å². The van der Waals surface area contributed by atoms with Gasteiger partial charge in [0.2, 0.25) is 10.0 Å². The predicted octanol–water partition coefficient (Wildman–Crippen LogP) is 3.42. The molecule has 28 heavy (non-hydrogen) atoms. The number of hydrogen-bond acceptors (Lipinski definition) is 4. The normalized spacial score (nSPS) is 13.8. The van der Waals surface area contributed by atoms with Crippen LogP contribution >= 0.6 is 0 Å². The first-order valence-corrected chi connectivity index (χ1v) is 10.6. The maximum absolute atomic E-state index is 12.5.